The Morgan fingerprint density at radius 2 is 1.77 bits per heavy atom. The summed E-state index contributed by atoms with van der Waals surface area (Å²) in [5.74, 6) is 1.61. The van der Waals surface area contributed by atoms with Gasteiger partial charge in [-0.3, -0.25) is 14.9 Å². The van der Waals surface area contributed by atoms with Gasteiger partial charge in [-0.05, 0) is 67.2 Å². The van der Waals surface area contributed by atoms with Gasteiger partial charge in [0.15, 0.2) is 0 Å². The van der Waals surface area contributed by atoms with Crippen LogP contribution in [-0.2, 0) is 29.6 Å². The quantitative estimate of drug-likeness (QED) is 0.224. The van der Waals surface area contributed by atoms with Crippen molar-refractivity contribution in [3.05, 3.63) is 93.0 Å². The highest BCUT2D eigenvalue weighted by Gasteiger charge is 2.68. The Kier molecular flexibility index (Phi) is 7.44. The van der Waals surface area contributed by atoms with Gasteiger partial charge in [-0.1, -0.05) is 58.0 Å². The SMILES string of the molecule is C[C@H]1CC[C@H]2C(C)(C)[C@@H](NS(=O)(=O)c3ccc([N+](=O)[O-])cc3)CC[C@]23Oc2c(c(OCc4ccccc4)cc4c2CNC4=O)C[C@]13C. The van der Waals surface area contributed by atoms with E-state index in [2.05, 4.69) is 37.7 Å². The number of ether oxygens (including phenoxy) is 2. The lowest BCUT2D eigenvalue weighted by Gasteiger charge is -2.67. The topological polar surface area (TPSA) is 137 Å². The predicted molar refractivity (Wildman–Crippen MR) is 176 cm³/mol. The molecule has 0 bridgehead atoms. The Hall–Kier alpha value is -3.96. The highest BCUT2D eigenvalue weighted by molar-refractivity contribution is 7.89. The maximum Gasteiger partial charge on any atom is 0.269 e. The number of non-ortho nitro benzene ring substituents is 1. The van der Waals surface area contributed by atoms with Crippen LogP contribution >= 0.6 is 0 Å². The van der Waals surface area contributed by atoms with Gasteiger partial charge in [0.05, 0.1) is 15.4 Å². The normalized spacial score (nSPS) is 28.9. The number of hydrogen-bond donors (Lipinski definition) is 2. The number of hydrogen-bond acceptors (Lipinski definition) is 7. The molecule has 0 saturated heterocycles. The van der Waals surface area contributed by atoms with Crippen LogP contribution in [0.15, 0.2) is 65.6 Å². The van der Waals surface area contributed by atoms with Gasteiger partial charge in [-0.25, -0.2) is 13.1 Å². The van der Waals surface area contributed by atoms with Crippen LogP contribution in [0.4, 0.5) is 5.69 Å². The molecule has 248 valence electrons. The molecule has 0 unspecified atom stereocenters. The van der Waals surface area contributed by atoms with Crippen molar-refractivity contribution in [1.82, 2.24) is 10.0 Å². The molecule has 2 aliphatic heterocycles. The molecule has 4 aliphatic rings. The van der Waals surface area contributed by atoms with Crippen molar-refractivity contribution in [1.29, 1.82) is 0 Å². The van der Waals surface area contributed by atoms with E-state index in [0.29, 0.717) is 43.2 Å². The van der Waals surface area contributed by atoms with Gasteiger partial charge in [0.1, 0.15) is 23.7 Å². The minimum atomic E-state index is -3.94. The first-order chi connectivity index (χ1) is 22.3. The average Bonchev–Trinajstić information content (AvgIpc) is 3.41. The molecule has 47 heavy (non-hydrogen) atoms. The number of carbonyl (C=O) groups is 1. The molecule has 0 radical (unpaired) electrons. The van der Waals surface area contributed by atoms with E-state index in [1.807, 2.05) is 36.4 Å². The van der Waals surface area contributed by atoms with E-state index >= 15 is 0 Å². The van der Waals surface area contributed by atoms with Crippen molar-refractivity contribution in [2.75, 3.05) is 0 Å². The molecule has 5 atom stereocenters. The second-order valence-electron chi connectivity index (χ2n) is 14.6. The summed E-state index contributed by atoms with van der Waals surface area (Å²) in [5.41, 5.74) is 1.95. The van der Waals surface area contributed by atoms with Crippen molar-refractivity contribution in [2.45, 2.75) is 89.5 Å². The highest BCUT2D eigenvalue weighted by atomic mass is 32.2. The second-order valence-corrected chi connectivity index (χ2v) is 16.3. The smallest absolute Gasteiger partial charge is 0.269 e. The van der Waals surface area contributed by atoms with Crippen molar-refractivity contribution >= 4 is 21.6 Å². The van der Waals surface area contributed by atoms with E-state index in [4.69, 9.17) is 9.47 Å². The molecule has 2 saturated carbocycles. The molecule has 2 fully saturated rings. The van der Waals surface area contributed by atoms with Crippen molar-refractivity contribution in [3.63, 3.8) is 0 Å². The van der Waals surface area contributed by atoms with Gasteiger partial charge in [0.2, 0.25) is 10.0 Å². The van der Waals surface area contributed by atoms with Crippen molar-refractivity contribution in [3.8, 4) is 11.5 Å². The molecule has 1 amide bonds. The summed E-state index contributed by atoms with van der Waals surface area (Å²) in [7, 11) is -3.94. The second kappa shape index (κ2) is 11.1. The monoisotopic (exact) mass is 659 g/mol. The number of nitro groups is 1. The fourth-order valence-electron chi connectivity index (χ4n) is 9.03. The Balaban J connectivity index is 1.25. The molecule has 10 nitrogen and oxygen atoms in total. The highest BCUT2D eigenvalue weighted by Crippen LogP contribution is 2.67. The average molecular weight is 660 g/mol. The first-order valence-electron chi connectivity index (χ1n) is 16.4. The van der Waals surface area contributed by atoms with E-state index in [-0.39, 0.29) is 33.9 Å². The van der Waals surface area contributed by atoms with E-state index < -0.39 is 26.0 Å². The van der Waals surface area contributed by atoms with Crippen LogP contribution in [0, 0.1) is 32.8 Å². The molecular weight excluding hydrogens is 618 g/mol. The third-order valence-electron chi connectivity index (χ3n) is 11.9. The van der Waals surface area contributed by atoms with Crippen molar-refractivity contribution in [2.24, 2.45) is 22.7 Å². The molecule has 11 heteroatoms. The van der Waals surface area contributed by atoms with Crippen LogP contribution in [0.1, 0.15) is 80.4 Å². The van der Waals surface area contributed by atoms with Gasteiger partial charge in [-0.15, -0.1) is 0 Å². The summed E-state index contributed by atoms with van der Waals surface area (Å²) in [6, 6.07) is 16.5. The lowest BCUT2D eigenvalue weighted by molar-refractivity contribution is -0.384. The number of rotatable bonds is 7. The minimum Gasteiger partial charge on any atom is -0.488 e. The van der Waals surface area contributed by atoms with Gasteiger partial charge < -0.3 is 14.8 Å². The summed E-state index contributed by atoms with van der Waals surface area (Å²) in [5, 5.41) is 14.1. The molecule has 2 aliphatic carbocycles. The van der Waals surface area contributed by atoms with Crippen LogP contribution in [0.25, 0.3) is 0 Å². The molecule has 0 aromatic heterocycles. The number of carbonyl (C=O) groups excluding carboxylic acids is 1. The van der Waals surface area contributed by atoms with Gasteiger partial charge in [0, 0.05) is 47.2 Å². The van der Waals surface area contributed by atoms with Gasteiger partial charge in [0.25, 0.3) is 11.6 Å². The van der Waals surface area contributed by atoms with Gasteiger partial charge >= 0.3 is 0 Å². The lowest BCUT2D eigenvalue weighted by atomic mass is 9.43. The molecule has 7 rings (SSSR count). The lowest BCUT2D eigenvalue weighted by Crippen LogP contribution is -2.71. The van der Waals surface area contributed by atoms with Crippen LogP contribution in [0.5, 0.6) is 11.5 Å². The van der Waals surface area contributed by atoms with Crippen molar-refractivity contribution < 1.29 is 27.6 Å². The Labute approximate surface area is 275 Å². The summed E-state index contributed by atoms with van der Waals surface area (Å²) >= 11 is 0. The molecule has 1 spiro atoms. The molecule has 3 aromatic rings. The fourth-order valence-corrected chi connectivity index (χ4v) is 10.5. The molecule has 3 aromatic carbocycles. The summed E-state index contributed by atoms with van der Waals surface area (Å²) in [6.45, 7) is 9.64. The van der Waals surface area contributed by atoms with Crippen LogP contribution in [-0.4, -0.2) is 30.9 Å². The first kappa shape index (κ1) is 31.6. The molecule has 2 N–H and O–H groups in total. The Bertz CT molecular complexity index is 1860. The zero-order valence-electron chi connectivity index (χ0n) is 27.2. The zero-order chi connectivity index (χ0) is 33.4. The van der Waals surface area contributed by atoms with Crippen LogP contribution in [0.3, 0.4) is 0 Å². The van der Waals surface area contributed by atoms with E-state index in [9.17, 15) is 23.3 Å². The maximum atomic E-state index is 13.6. The standard InChI is InChI=1S/C36H41N3O7S/c1-22-10-15-30-34(2,3)31(38-47(43,44)25-13-11-24(12-14-25)39(41)42)16-17-36(30)35(22,4)19-27-29(45-21-23-8-6-5-7-9-23)18-26-28(32(27)46-36)20-37-33(26)40/h5-9,11-14,18,22,30-31,38H,10,15-17,19-21H2,1-4H3,(H,37,40)/t22-,30-,31-,35+,36-/m0/s1. The number of amides is 1. The minimum absolute atomic E-state index is 0.0000951. The summed E-state index contributed by atoms with van der Waals surface area (Å²) in [4.78, 5) is 23.6. The third kappa shape index (κ3) is 4.92. The first-order valence-corrected chi connectivity index (χ1v) is 17.8. The maximum absolute atomic E-state index is 13.6. The number of nitro benzene ring substituents is 1. The third-order valence-corrected chi connectivity index (χ3v) is 13.4. The Morgan fingerprint density at radius 1 is 1.04 bits per heavy atom. The largest absolute Gasteiger partial charge is 0.488 e. The van der Waals surface area contributed by atoms with E-state index in [1.165, 1.54) is 24.3 Å². The number of benzene rings is 3. The summed E-state index contributed by atoms with van der Waals surface area (Å²) in [6.07, 6.45) is 3.76. The molecule has 2 heterocycles. The summed E-state index contributed by atoms with van der Waals surface area (Å²) < 4.78 is 44.0. The Morgan fingerprint density at radius 3 is 2.47 bits per heavy atom. The van der Waals surface area contributed by atoms with Crippen LogP contribution in [0.2, 0.25) is 0 Å². The number of nitrogens with zero attached hydrogens (tertiary/aromatic N) is 1. The van der Waals surface area contributed by atoms with Gasteiger partial charge in [-0.2, -0.15) is 0 Å². The fraction of sp³-hybridized carbons (Fsp3) is 0.472. The number of sulfonamides is 1. The predicted octanol–water partition coefficient (Wildman–Crippen LogP) is 6.31. The van der Waals surface area contributed by atoms with E-state index in [0.717, 1.165) is 41.7 Å². The zero-order valence-corrected chi connectivity index (χ0v) is 28.0. The number of nitrogens with one attached hydrogen (secondary N) is 2. The van der Waals surface area contributed by atoms with Crippen LogP contribution < -0.4 is 19.5 Å². The molecular formula is C36H41N3O7S. The van der Waals surface area contributed by atoms with E-state index in [1.54, 1.807) is 0 Å². The number of fused-ring (bicyclic) bond motifs is 3.